The Labute approximate surface area is 127 Å². The minimum Gasteiger partial charge on any atom is -0.386 e. The van der Waals surface area contributed by atoms with Crippen molar-refractivity contribution < 1.29 is 19.3 Å². The van der Waals surface area contributed by atoms with Crippen LogP contribution in [0.1, 0.15) is 36.5 Å². The van der Waals surface area contributed by atoms with Crippen molar-refractivity contribution in [3.8, 4) is 0 Å². The van der Waals surface area contributed by atoms with Crippen LogP contribution in [0, 0.1) is 0 Å². The lowest BCUT2D eigenvalue weighted by Crippen LogP contribution is -2.22. The molecule has 0 aliphatic heterocycles. The lowest BCUT2D eigenvalue weighted by molar-refractivity contribution is -0.0483. The maximum absolute atomic E-state index is 10.5. The first-order valence-corrected chi connectivity index (χ1v) is 7.77. The Kier molecular flexibility index (Phi) is 7.16. The van der Waals surface area contributed by atoms with Crippen LogP contribution in [0.4, 0.5) is 0 Å². The summed E-state index contributed by atoms with van der Waals surface area (Å²) in [6.07, 6.45) is 3.20. The fourth-order valence-corrected chi connectivity index (χ4v) is 2.72. The second-order valence-electron chi connectivity index (χ2n) is 5.40. The van der Waals surface area contributed by atoms with Gasteiger partial charge in [0, 0.05) is 20.3 Å². The van der Waals surface area contributed by atoms with Crippen molar-refractivity contribution in [1.29, 1.82) is 0 Å². The first kappa shape index (κ1) is 16.4. The molecular weight excluding hydrogens is 268 g/mol. The second kappa shape index (κ2) is 9.15. The molecule has 0 spiro atoms. The Morgan fingerprint density at radius 2 is 2.00 bits per heavy atom. The molecule has 0 bridgehead atoms. The van der Waals surface area contributed by atoms with Crippen LogP contribution in [0.3, 0.4) is 0 Å². The highest BCUT2D eigenvalue weighted by Crippen LogP contribution is 2.30. The summed E-state index contributed by atoms with van der Waals surface area (Å²) in [7, 11) is 1.66. The molecule has 1 aliphatic rings. The summed E-state index contributed by atoms with van der Waals surface area (Å²) in [6, 6.07) is 8.12. The van der Waals surface area contributed by atoms with Crippen LogP contribution in [0.15, 0.2) is 24.3 Å². The molecule has 0 aromatic heterocycles. The van der Waals surface area contributed by atoms with Crippen LogP contribution in [0.2, 0.25) is 0 Å². The molecule has 21 heavy (non-hydrogen) atoms. The van der Waals surface area contributed by atoms with Crippen LogP contribution >= 0.6 is 0 Å². The summed E-state index contributed by atoms with van der Waals surface area (Å²) < 4.78 is 16.2. The molecule has 2 atom stereocenters. The maximum atomic E-state index is 10.5. The van der Waals surface area contributed by atoms with Gasteiger partial charge in [0.15, 0.2) is 0 Å². The van der Waals surface area contributed by atoms with Crippen LogP contribution in [0.25, 0.3) is 0 Å². The summed E-state index contributed by atoms with van der Waals surface area (Å²) in [4.78, 5) is 0. The van der Waals surface area contributed by atoms with E-state index in [0.29, 0.717) is 26.4 Å². The highest BCUT2D eigenvalue weighted by molar-refractivity contribution is 5.30. The first-order chi connectivity index (χ1) is 10.3. The van der Waals surface area contributed by atoms with Gasteiger partial charge in [0.1, 0.15) is 6.10 Å². The van der Waals surface area contributed by atoms with E-state index < -0.39 is 6.10 Å². The fraction of sp³-hybridized carbons (Fsp3) is 0.647. The van der Waals surface area contributed by atoms with Gasteiger partial charge in [0.05, 0.1) is 19.3 Å². The average Bonchev–Trinajstić information content (AvgIpc) is 2.67. The molecule has 0 saturated carbocycles. The second-order valence-corrected chi connectivity index (χ2v) is 5.40. The van der Waals surface area contributed by atoms with E-state index in [-0.39, 0.29) is 6.10 Å². The van der Waals surface area contributed by atoms with E-state index in [1.807, 2.05) is 18.2 Å². The molecule has 0 amide bonds. The largest absolute Gasteiger partial charge is 0.386 e. The molecular formula is C17H26O4. The molecule has 4 heteroatoms. The van der Waals surface area contributed by atoms with Gasteiger partial charge in [-0.25, -0.2) is 0 Å². The van der Waals surface area contributed by atoms with Crippen molar-refractivity contribution >= 4 is 0 Å². The van der Waals surface area contributed by atoms with Crippen molar-refractivity contribution in [3.05, 3.63) is 35.4 Å². The van der Waals surface area contributed by atoms with Gasteiger partial charge in [-0.2, -0.15) is 0 Å². The van der Waals surface area contributed by atoms with Crippen molar-refractivity contribution in [3.63, 3.8) is 0 Å². The number of rotatable bonds is 8. The Hall–Kier alpha value is -0.940. The number of benzene rings is 1. The topological polar surface area (TPSA) is 47.9 Å². The highest BCUT2D eigenvalue weighted by Gasteiger charge is 2.26. The number of aliphatic hydroxyl groups is 1. The van der Waals surface area contributed by atoms with Crippen LogP contribution in [-0.4, -0.2) is 44.7 Å². The van der Waals surface area contributed by atoms with Crippen molar-refractivity contribution in [1.82, 2.24) is 0 Å². The number of aryl methyl sites for hydroxylation is 1. The van der Waals surface area contributed by atoms with Gasteiger partial charge in [-0.15, -0.1) is 0 Å². The molecule has 2 rings (SSSR count). The lowest BCUT2D eigenvalue weighted by atomic mass is 10.0. The average molecular weight is 294 g/mol. The van der Waals surface area contributed by atoms with Gasteiger partial charge in [0.2, 0.25) is 0 Å². The Morgan fingerprint density at radius 1 is 1.14 bits per heavy atom. The van der Waals surface area contributed by atoms with Crippen LogP contribution in [-0.2, 0) is 20.6 Å². The van der Waals surface area contributed by atoms with Gasteiger partial charge in [-0.05, 0) is 36.8 Å². The molecule has 0 heterocycles. The van der Waals surface area contributed by atoms with Gasteiger partial charge in [-0.1, -0.05) is 24.3 Å². The van der Waals surface area contributed by atoms with Gasteiger partial charge < -0.3 is 19.3 Å². The summed E-state index contributed by atoms with van der Waals surface area (Å²) in [5.74, 6) is 0. The molecule has 0 saturated heterocycles. The number of ether oxygens (including phenoxy) is 3. The Morgan fingerprint density at radius 3 is 2.86 bits per heavy atom. The summed E-state index contributed by atoms with van der Waals surface area (Å²) in [5, 5.41) is 10.5. The molecule has 1 aromatic carbocycles. The monoisotopic (exact) mass is 294 g/mol. The third-order valence-electron chi connectivity index (χ3n) is 3.86. The van der Waals surface area contributed by atoms with Crippen LogP contribution in [0.5, 0.6) is 0 Å². The van der Waals surface area contributed by atoms with Gasteiger partial charge in [0.25, 0.3) is 0 Å². The Bertz CT molecular complexity index is 408. The van der Waals surface area contributed by atoms with E-state index in [1.165, 1.54) is 5.56 Å². The number of fused-ring (bicyclic) bond motifs is 1. The molecule has 0 fully saturated rings. The first-order valence-electron chi connectivity index (χ1n) is 7.77. The van der Waals surface area contributed by atoms with E-state index in [0.717, 1.165) is 31.2 Å². The zero-order chi connectivity index (χ0) is 14.9. The predicted molar refractivity (Wildman–Crippen MR) is 81.4 cm³/mol. The summed E-state index contributed by atoms with van der Waals surface area (Å²) in [5.41, 5.74) is 2.27. The molecule has 1 N–H and O–H groups in total. The zero-order valence-corrected chi connectivity index (χ0v) is 12.8. The van der Waals surface area contributed by atoms with E-state index in [4.69, 9.17) is 14.2 Å². The van der Waals surface area contributed by atoms with Crippen molar-refractivity contribution in [2.45, 2.75) is 37.9 Å². The van der Waals surface area contributed by atoms with E-state index in [2.05, 4.69) is 6.07 Å². The fourth-order valence-electron chi connectivity index (χ4n) is 2.72. The molecule has 118 valence electrons. The minimum absolute atomic E-state index is 0.104. The smallest absolute Gasteiger partial charge is 0.105 e. The lowest BCUT2D eigenvalue weighted by Gasteiger charge is -2.22. The molecule has 1 aromatic rings. The zero-order valence-electron chi connectivity index (χ0n) is 12.8. The quantitative estimate of drug-likeness (QED) is 0.591. The van der Waals surface area contributed by atoms with Crippen molar-refractivity contribution in [2.24, 2.45) is 0 Å². The van der Waals surface area contributed by atoms with Crippen molar-refractivity contribution in [2.75, 3.05) is 33.5 Å². The van der Waals surface area contributed by atoms with E-state index >= 15 is 0 Å². The standard InChI is InChI=1S/C17H26O4/c1-19-12-13-20-10-5-11-21-16-9-4-7-14-6-2-3-8-15(14)17(16)18/h2-3,6,8,16-18H,4-5,7,9-13H2,1H3. The predicted octanol–water partition coefficient (Wildman–Crippen LogP) is 2.49. The van der Waals surface area contributed by atoms with E-state index in [9.17, 15) is 5.11 Å². The number of methoxy groups -OCH3 is 1. The third-order valence-corrected chi connectivity index (χ3v) is 3.86. The highest BCUT2D eigenvalue weighted by atomic mass is 16.5. The Balaban J connectivity index is 1.74. The molecule has 4 nitrogen and oxygen atoms in total. The van der Waals surface area contributed by atoms with Gasteiger partial charge >= 0.3 is 0 Å². The number of hydrogen-bond acceptors (Lipinski definition) is 4. The molecule has 1 aliphatic carbocycles. The molecule has 2 unspecified atom stereocenters. The minimum atomic E-state index is -0.516. The maximum Gasteiger partial charge on any atom is 0.105 e. The van der Waals surface area contributed by atoms with Gasteiger partial charge in [-0.3, -0.25) is 0 Å². The summed E-state index contributed by atoms with van der Waals surface area (Å²) >= 11 is 0. The SMILES string of the molecule is COCCOCCCOC1CCCc2ccccc2C1O. The van der Waals surface area contributed by atoms with Crippen LogP contribution < -0.4 is 0 Å². The van der Waals surface area contributed by atoms with E-state index in [1.54, 1.807) is 7.11 Å². The number of aliphatic hydroxyl groups excluding tert-OH is 1. The number of hydrogen-bond donors (Lipinski definition) is 1. The normalized spacial score (nSPS) is 21.8. The third kappa shape index (κ3) is 5.08. The summed E-state index contributed by atoms with van der Waals surface area (Å²) in [6.45, 7) is 2.54. The molecule has 0 radical (unpaired) electrons.